The molecule has 2 rings (SSSR count). The average Bonchev–Trinajstić information content (AvgIpc) is 2.72. The van der Waals surface area contributed by atoms with Crippen molar-refractivity contribution in [3.8, 4) is 0 Å². The van der Waals surface area contributed by atoms with Crippen molar-refractivity contribution in [2.24, 2.45) is 0 Å². The van der Waals surface area contributed by atoms with E-state index in [0.29, 0.717) is 13.2 Å². The van der Waals surface area contributed by atoms with Gasteiger partial charge < -0.3 is 9.15 Å². The Labute approximate surface area is 83.1 Å². The smallest absolute Gasteiger partial charge is 0.129 e. The maximum atomic E-state index is 5.47. The lowest BCUT2D eigenvalue weighted by molar-refractivity contribution is 0.0929. The first-order valence-electron chi connectivity index (χ1n) is 4.59. The molecule has 2 nitrogen and oxygen atoms in total. The van der Waals surface area contributed by atoms with Crippen LogP contribution in [0, 0.1) is 0 Å². The number of hydrogen-bond donors (Lipinski definition) is 0. The highest BCUT2D eigenvalue weighted by Gasteiger charge is 1.95. The molecule has 0 aliphatic rings. The largest absolute Gasteiger partial charge is 0.467 e. The van der Waals surface area contributed by atoms with Gasteiger partial charge in [0.25, 0.3) is 0 Å². The minimum atomic E-state index is 0.530. The van der Waals surface area contributed by atoms with Gasteiger partial charge in [-0.3, -0.25) is 0 Å². The van der Waals surface area contributed by atoms with Crippen molar-refractivity contribution in [3.63, 3.8) is 0 Å². The summed E-state index contributed by atoms with van der Waals surface area (Å²) in [6.45, 7) is 1.16. The van der Waals surface area contributed by atoms with Crippen molar-refractivity contribution in [3.05, 3.63) is 60.1 Å². The summed E-state index contributed by atoms with van der Waals surface area (Å²) in [6, 6.07) is 13.9. The first kappa shape index (κ1) is 9.03. The van der Waals surface area contributed by atoms with E-state index in [2.05, 4.69) is 0 Å². The molecule has 0 spiro atoms. The molecule has 1 heterocycles. The van der Waals surface area contributed by atoms with Crippen LogP contribution in [0.5, 0.6) is 0 Å². The monoisotopic (exact) mass is 188 g/mol. The number of hydrogen-bond acceptors (Lipinski definition) is 2. The molecular formula is C12H12O2. The summed E-state index contributed by atoms with van der Waals surface area (Å²) in [5, 5.41) is 0. The fourth-order valence-corrected chi connectivity index (χ4v) is 1.24. The normalized spacial score (nSPS) is 10.3. The molecule has 0 saturated heterocycles. The van der Waals surface area contributed by atoms with E-state index < -0.39 is 0 Å². The van der Waals surface area contributed by atoms with Crippen LogP contribution in [0.1, 0.15) is 11.3 Å². The van der Waals surface area contributed by atoms with E-state index in [1.165, 1.54) is 5.56 Å². The molecule has 14 heavy (non-hydrogen) atoms. The topological polar surface area (TPSA) is 22.4 Å². The van der Waals surface area contributed by atoms with Gasteiger partial charge in [-0.25, -0.2) is 0 Å². The van der Waals surface area contributed by atoms with Crippen LogP contribution in [0.4, 0.5) is 0 Å². The van der Waals surface area contributed by atoms with E-state index in [9.17, 15) is 0 Å². The Kier molecular flexibility index (Phi) is 2.99. The van der Waals surface area contributed by atoms with E-state index in [0.717, 1.165) is 5.76 Å². The Balaban J connectivity index is 1.79. The molecule has 2 heteroatoms. The summed E-state index contributed by atoms with van der Waals surface area (Å²) in [5.74, 6) is 0.862. The number of benzene rings is 1. The highest BCUT2D eigenvalue weighted by atomic mass is 16.5. The molecule has 0 saturated carbocycles. The standard InChI is InChI=1S/C12H12O2/c1-2-5-11(6-3-1)9-13-10-12-7-4-8-14-12/h1-8H,9-10H2. The van der Waals surface area contributed by atoms with Gasteiger partial charge in [-0.1, -0.05) is 30.3 Å². The molecule has 1 aromatic heterocycles. The summed E-state index contributed by atoms with van der Waals surface area (Å²) in [5.41, 5.74) is 1.18. The van der Waals surface area contributed by atoms with E-state index in [1.54, 1.807) is 6.26 Å². The van der Waals surface area contributed by atoms with E-state index in [4.69, 9.17) is 9.15 Å². The fraction of sp³-hybridized carbons (Fsp3) is 0.167. The van der Waals surface area contributed by atoms with Crippen LogP contribution in [-0.4, -0.2) is 0 Å². The summed E-state index contributed by atoms with van der Waals surface area (Å²) in [7, 11) is 0. The Bertz CT molecular complexity index is 351. The third kappa shape index (κ3) is 2.47. The second-order valence-electron chi connectivity index (χ2n) is 3.06. The van der Waals surface area contributed by atoms with Crippen LogP contribution in [-0.2, 0) is 18.0 Å². The molecule has 1 aromatic carbocycles. The van der Waals surface area contributed by atoms with Crippen LogP contribution in [0.15, 0.2) is 53.1 Å². The van der Waals surface area contributed by atoms with Gasteiger partial charge in [0, 0.05) is 0 Å². The molecule has 0 aliphatic carbocycles. The number of rotatable bonds is 4. The van der Waals surface area contributed by atoms with E-state index in [1.807, 2.05) is 42.5 Å². The van der Waals surface area contributed by atoms with Crippen molar-refractivity contribution < 1.29 is 9.15 Å². The van der Waals surface area contributed by atoms with Gasteiger partial charge in [0.15, 0.2) is 0 Å². The zero-order chi connectivity index (χ0) is 9.64. The summed E-state index contributed by atoms with van der Waals surface area (Å²) in [4.78, 5) is 0. The molecule has 0 aliphatic heterocycles. The highest BCUT2D eigenvalue weighted by Crippen LogP contribution is 2.05. The number of ether oxygens (including phenoxy) is 1. The molecule has 0 atom stereocenters. The van der Waals surface area contributed by atoms with Crippen molar-refractivity contribution in [1.82, 2.24) is 0 Å². The fourth-order valence-electron chi connectivity index (χ4n) is 1.24. The van der Waals surface area contributed by atoms with Crippen LogP contribution < -0.4 is 0 Å². The Morgan fingerprint density at radius 1 is 0.929 bits per heavy atom. The van der Waals surface area contributed by atoms with Gasteiger partial charge in [-0.05, 0) is 17.7 Å². The molecule has 0 bridgehead atoms. The van der Waals surface area contributed by atoms with Gasteiger partial charge in [-0.2, -0.15) is 0 Å². The summed E-state index contributed by atoms with van der Waals surface area (Å²) in [6.07, 6.45) is 1.65. The predicted molar refractivity (Wildman–Crippen MR) is 53.6 cm³/mol. The maximum Gasteiger partial charge on any atom is 0.129 e. The van der Waals surface area contributed by atoms with Crippen molar-refractivity contribution in [1.29, 1.82) is 0 Å². The molecule has 2 aromatic rings. The first-order valence-corrected chi connectivity index (χ1v) is 4.59. The first-order chi connectivity index (χ1) is 6.95. The minimum absolute atomic E-state index is 0.530. The van der Waals surface area contributed by atoms with Crippen LogP contribution in [0.3, 0.4) is 0 Å². The van der Waals surface area contributed by atoms with Crippen LogP contribution in [0.25, 0.3) is 0 Å². The second-order valence-corrected chi connectivity index (χ2v) is 3.06. The predicted octanol–water partition coefficient (Wildman–Crippen LogP) is 3.00. The zero-order valence-corrected chi connectivity index (χ0v) is 7.85. The highest BCUT2D eigenvalue weighted by molar-refractivity contribution is 5.13. The minimum Gasteiger partial charge on any atom is -0.467 e. The lowest BCUT2D eigenvalue weighted by atomic mass is 10.2. The molecule has 0 amide bonds. The van der Waals surface area contributed by atoms with Crippen LogP contribution >= 0.6 is 0 Å². The molecule has 0 N–H and O–H groups in total. The van der Waals surface area contributed by atoms with Crippen molar-refractivity contribution >= 4 is 0 Å². The zero-order valence-electron chi connectivity index (χ0n) is 7.85. The van der Waals surface area contributed by atoms with Gasteiger partial charge in [0.05, 0.1) is 12.9 Å². The third-order valence-corrected chi connectivity index (χ3v) is 1.94. The van der Waals surface area contributed by atoms with Gasteiger partial charge >= 0.3 is 0 Å². The van der Waals surface area contributed by atoms with Crippen LogP contribution in [0.2, 0.25) is 0 Å². The molecule has 0 radical (unpaired) electrons. The lowest BCUT2D eigenvalue weighted by Crippen LogP contribution is -1.92. The second kappa shape index (κ2) is 4.63. The van der Waals surface area contributed by atoms with Gasteiger partial charge in [0.1, 0.15) is 12.4 Å². The third-order valence-electron chi connectivity index (χ3n) is 1.94. The Morgan fingerprint density at radius 2 is 1.79 bits per heavy atom. The van der Waals surface area contributed by atoms with Crippen molar-refractivity contribution in [2.45, 2.75) is 13.2 Å². The Morgan fingerprint density at radius 3 is 2.50 bits per heavy atom. The maximum absolute atomic E-state index is 5.47. The molecule has 0 unspecified atom stereocenters. The Hall–Kier alpha value is -1.54. The lowest BCUT2D eigenvalue weighted by Gasteiger charge is -2.01. The van der Waals surface area contributed by atoms with Gasteiger partial charge in [0.2, 0.25) is 0 Å². The summed E-state index contributed by atoms with van der Waals surface area (Å²) < 4.78 is 10.6. The summed E-state index contributed by atoms with van der Waals surface area (Å²) >= 11 is 0. The quantitative estimate of drug-likeness (QED) is 0.735. The van der Waals surface area contributed by atoms with Gasteiger partial charge in [-0.15, -0.1) is 0 Å². The van der Waals surface area contributed by atoms with E-state index in [-0.39, 0.29) is 0 Å². The molecular weight excluding hydrogens is 176 g/mol. The number of furan rings is 1. The van der Waals surface area contributed by atoms with Crippen molar-refractivity contribution in [2.75, 3.05) is 0 Å². The molecule has 0 fully saturated rings. The SMILES string of the molecule is c1ccc(COCc2ccco2)cc1. The average molecular weight is 188 g/mol. The molecule has 72 valence electrons. The van der Waals surface area contributed by atoms with E-state index >= 15 is 0 Å².